The van der Waals surface area contributed by atoms with Crippen LogP contribution >= 0.6 is 11.6 Å². The van der Waals surface area contributed by atoms with E-state index in [4.69, 9.17) is 21.1 Å². The summed E-state index contributed by atoms with van der Waals surface area (Å²) >= 11 is 6.35. The molecule has 1 heterocycles. The normalized spacial score (nSPS) is 16.1. The maximum Gasteiger partial charge on any atom is 0.246 e. The Bertz CT molecular complexity index is 668. The molecule has 0 saturated carbocycles. The Kier molecular flexibility index (Phi) is 7.99. The number of carbonyl (C=O) groups excluding carboxylic acids is 1. The van der Waals surface area contributed by atoms with Crippen LogP contribution in [0.1, 0.15) is 39.2 Å². The maximum atomic E-state index is 12.6. The van der Waals surface area contributed by atoms with E-state index in [1.165, 1.54) is 0 Å². The Morgan fingerprint density at radius 3 is 2.59 bits per heavy atom. The Morgan fingerprint density at radius 2 is 2.04 bits per heavy atom. The van der Waals surface area contributed by atoms with Gasteiger partial charge in [0.05, 0.1) is 18.2 Å². The van der Waals surface area contributed by atoms with Gasteiger partial charge in [-0.05, 0) is 57.0 Å². The molecule has 1 aromatic rings. The molecule has 27 heavy (non-hydrogen) atoms. The van der Waals surface area contributed by atoms with E-state index in [0.717, 1.165) is 38.0 Å². The lowest BCUT2D eigenvalue weighted by molar-refractivity contribution is -0.127. The number of benzene rings is 1. The molecular formula is C21H31ClN2O3. The van der Waals surface area contributed by atoms with Crippen molar-refractivity contribution in [3.63, 3.8) is 0 Å². The summed E-state index contributed by atoms with van der Waals surface area (Å²) < 4.78 is 11.1. The molecule has 1 aromatic carbocycles. The summed E-state index contributed by atoms with van der Waals surface area (Å²) in [6.45, 7) is 9.21. The molecule has 1 fully saturated rings. The van der Waals surface area contributed by atoms with Crippen molar-refractivity contribution in [2.75, 3.05) is 33.8 Å². The third kappa shape index (κ3) is 5.88. The summed E-state index contributed by atoms with van der Waals surface area (Å²) in [4.78, 5) is 16.8. The monoisotopic (exact) mass is 394 g/mol. The van der Waals surface area contributed by atoms with Crippen LogP contribution in [-0.2, 0) is 4.79 Å². The molecule has 150 valence electrons. The highest BCUT2D eigenvalue weighted by Crippen LogP contribution is 2.37. The number of amides is 1. The molecule has 0 bridgehead atoms. The quantitative estimate of drug-likeness (QED) is 0.653. The van der Waals surface area contributed by atoms with Gasteiger partial charge in [-0.2, -0.15) is 0 Å². The third-order valence-electron chi connectivity index (χ3n) is 4.92. The van der Waals surface area contributed by atoms with Crippen molar-refractivity contribution in [1.29, 1.82) is 0 Å². The van der Waals surface area contributed by atoms with Crippen molar-refractivity contribution >= 4 is 23.6 Å². The fourth-order valence-electron chi connectivity index (χ4n) is 3.27. The molecule has 1 saturated heterocycles. The molecule has 0 aliphatic carbocycles. The number of nitrogens with zero attached hydrogens (tertiary/aromatic N) is 2. The number of likely N-dealkylation sites (N-methyl/N-ethyl adjacent to an activating group) is 1. The third-order valence-corrected chi connectivity index (χ3v) is 5.20. The van der Waals surface area contributed by atoms with E-state index < -0.39 is 0 Å². The summed E-state index contributed by atoms with van der Waals surface area (Å²) in [7, 11) is 3.46. The number of methoxy groups -OCH3 is 1. The van der Waals surface area contributed by atoms with Crippen LogP contribution in [0.2, 0.25) is 5.02 Å². The molecule has 1 aliphatic heterocycles. The summed E-state index contributed by atoms with van der Waals surface area (Å²) in [6, 6.07) is 3.91. The minimum absolute atomic E-state index is 0.00236. The first-order chi connectivity index (χ1) is 12.8. The molecule has 0 spiro atoms. The minimum atomic E-state index is -0.00727. The van der Waals surface area contributed by atoms with Gasteiger partial charge < -0.3 is 19.3 Å². The smallest absolute Gasteiger partial charge is 0.246 e. The van der Waals surface area contributed by atoms with Crippen LogP contribution in [0.5, 0.6) is 11.5 Å². The summed E-state index contributed by atoms with van der Waals surface area (Å²) in [5.74, 6) is 1.09. The van der Waals surface area contributed by atoms with E-state index in [-0.39, 0.29) is 12.0 Å². The summed E-state index contributed by atoms with van der Waals surface area (Å²) in [5.41, 5.74) is 0.801. The number of piperidine rings is 1. The van der Waals surface area contributed by atoms with Gasteiger partial charge in [0.15, 0.2) is 11.5 Å². The molecule has 0 aromatic heterocycles. The van der Waals surface area contributed by atoms with Crippen molar-refractivity contribution in [2.45, 2.75) is 45.8 Å². The van der Waals surface area contributed by atoms with Crippen LogP contribution in [0.4, 0.5) is 0 Å². The highest BCUT2D eigenvalue weighted by atomic mass is 35.5. The van der Waals surface area contributed by atoms with Gasteiger partial charge in [-0.15, -0.1) is 0 Å². The van der Waals surface area contributed by atoms with E-state index in [2.05, 4.69) is 11.8 Å². The van der Waals surface area contributed by atoms with Crippen molar-refractivity contribution in [2.24, 2.45) is 0 Å². The van der Waals surface area contributed by atoms with E-state index in [1.807, 2.05) is 31.9 Å². The number of hydrogen-bond acceptors (Lipinski definition) is 4. The second-order valence-electron chi connectivity index (χ2n) is 7.15. The van der Waals surface area contributed by atoms with Gasteiger partial charge in [-0.3, -0.25) is 4.79 Å². The van der Waals surface area contributed by atoms with Crippen molar-refractivity contribution in [3.8, 4) is 11.5 Å². The van der Waals surface area contributed by atoms with Gasteiger partial charge in [0, 0.05) is 32.3 Å². The second kappa shape index (κ2) is 10.00. The van der Waals surface area contributed by atoms with Gasteiger partial charge in [0.1, 0.15) is 0 Å². The number of likely N-dealkylation sites (tertiary alicyclic amines) is 1. The first kappa shape index (κ1) is 21.6. The fraction of sp³-hybridized carbons (Fsp3) is 0.571. The maximum absolute atomic E-state index is 12.6. The standard InChI is InChI=1S/C21H31ClN2O3/c1-6-24-11-9-17(10-12-24)23(4)20(25)8-7-16-13-18(22)21(27-15(2)3)19(14-16)26-5/h7-8,13-15,17H,6,9-12H2,1-5H3/b8-7+. The second-order valence-corrected chi connectivity index (χ2v) is 7.56. The summed E-state index contributed by atoms with van der Waals surface area (Å²) in [6.07, 6.45) is 5.40. The van der Waals surface area contributed by atoms with Crippen LogP contribution in [0.25, 0.3) is 6.08 Å². The number of hydrogen-bond donors (Lipinski definition) is 0. The minimum Gasteiger partial charge on any atom is -0.493 e. The molecule has 1 amide bonds. The Morgan fingerprint density at radius 1 is 1.37 bits per heavy atom. The first-order valence-corrected chi connectivity index (χ1v) is 9.94. The van der Waals surface area contributed by atoms with Crippen LogP contribution in [0.15, 0.2) is 18.2 Å². The van der Waals surface area contributed by atoms with Crippen LogP contribution in [0, 0.1) is 0 Å². The van der Waals surface area contributed by atoms with Crippen molar-refractivity contribution < 1.29 is 14.3 Å². The van der Waals surface area contributed by atoms with Crippen LogP contribution < -0.4 is 9.47 Å². The van der Waals surface area contributed by atoms with E-state index >= 15 is 0 Å². The zero-order chi connectivity index (χ0) is 20.0. The highest BCUT2D eigenvalue weighted by Gasteiger charge is 2.23. The molecule has 0 radical (unpaired) electrons. The molecule has 6 heteroatoms. The molecule has 0 atom stereocenters. The van der Waals surface area contributed by atoms with Crippen molar-refractivity contribution in [3.05, 3.63) is 28.8 Å². The first-order valence-electron chi connectivity index (χ1n) is 9.57. The number of halogens is 1. The van der Waals surface area contributed by atoms with Gasteiger partial charge in [0.2, 0.25) is 5.91 Å². The molecule has 1 aliphatic rings. The SMILES string of the molecule is CCN1CCC(N(C)C(=O)/C=C/c2cc(Cl)c(OC(C)C)c(OC)c2)CC1. The van der Waals surface area contributed by atoms with Crippen LogP contribution in [-0.4, -0.2) is 61.6 Å². The Hall–Kier alpha value is -1.72. The number of ether oxygens (including phenoxy) is 2. The molecule has 5 nitrogen and oxygen atoms in total. The number of carbonyl (C=O) groups is 1. The lowest BCUT2D eigenvalue weighted by atomic mass is 10.0. The zero-order valence-electron chi connectivity index (χ0n) is 17.0. The lowest BCUT2D eigenvalue weighted by Gasteiger charge is -2.35. The van der Waals surface area contributed by atoms with Crippen molar-refractivity contribution in [1.82, 2.24) is 9.80 Å². The molecule has 2 rings (SSSR count). The largest absolute Gasteiger partial charge is 0.493 e. The number of rotatable bonds is 7. The zero-order valence-corrected chi connectivity index (χ0v) is 17.8. The lowest BCUT2D eigenvalue weighted by Crippen LogP contribution is -2.45. The fourth-order valence-corrected chi connectivity index (χ4v) is 3.54. The van der Waals surface area contributed by atoms with Crippen LogP contribution in [0.3, 0.4) is 0 Å². The predicted molar refractivity (Wildman–Crippen MR) is 111 cm³/mol. The van der Waals surface area contributed by atoms with E-state index in [0.29, 0.717) is 22.6 Å². The summed E-state index contributed by atoms with van der Waals surface area (Å²) in [5, 5.41) is 0.468. The average molecular weight is 395 g/mol. The van der Waals surface area contributed by atoms with Gasteiger partial charge in [-0.25, -0.2) is 0 Å². The van der Waals surface area contributed by atoms with E-state index in [9.17, 15) is 4.79 Å². The van der Waals surface area contributed by atoms with Gasteiger partial charge in [0.25, 0.3) is 0 Å². The molecule has 0 N–H and O–H groups in total. The van der Waals surface area contributed by atoms with Gasteiger partial charge >= 0.3 is 0 Å². The highest BCUT2D eigenvalue weighted by molar-refractivity contribution is 6.32. The molecular weight excluding hydrogens is 364 g/mol. The average Bonchev–Trinajstić information content (AvgIpc) is 2.66. The predicted octanol–water partition coefficient (Wildman–Crippen LogP) is 4.09. The molecule has 0 unspecified atom stereocenters. The van der Waals surface area contributed by atoms with Gasteiger partial charge in [-0.1, -0.05) is 18.5 Å². The Labute approximate surface area is 167 Å². The van der Waals surface area contributed by atoms with E-state index in [1.54, 1.807) is 25.3 Å². The topological polar surface area (TPSA) is 42.0 Å². The Balaban J connectivity index is 2.06.